The molecule has 1 aromatic carbocycles. The van der Waals surface area contributed by atoms with E-state index in [-0.39, 0.29) is 10.6 Å². The Hall–Kier alpha value is -2.87. The van der Waals surface area contributed by atoms with Crippen LogP contribution in [0.15, 0.2) is 36.4 Å². The van der Waals surface area contributed by atoms with Crippen molar-refractivity contribution in [1.82, 2.24) is 10.4 Å². The lowest BCUT2D eigenvalue weighted by atomic mass is 9.86. The van der Waals surface area contributed by atoms with Gasteiger partial charge in [-0.25, -0.2) is 4.79 Å². The molecule has 0 fully saturated rings. The Balaban J connectivity index is 2.92. The van der Waals surface area contributed by atoms with E-state index < -0.39 is 29.3 Å². The minimum Gasteiger partial charge on any atom is -0.495 e. The number of hydrogen-bond donors (Lipinski definition) is 3. The van der Waals surface area contributed by atoms with Crippen LogP contribution in [0.4, 0.5) is 10.5 Å². The number of para-hydroxylation sites is 2. The Labute approximate surface area is 178 Å². The lowest BCUT2D eigenvalue weighted by Gasteiger charge is -2.31. The van der Waals surface area contributed by atoms with Gasteiger partial charge < -0.3 is 15.4 Å². The number of imide groups is 1. The first-order chi connectivity index (χ1) is 13.9. The van der Waals surface area contributed by atoms with Crippen molar-refractivity contribution in [3.05, 3.63) is 36.4 Å². The first-order valence-corrected chi connectivity index (χ1v) is 9.84. The maximum Gasteiger partial charge on any atom is 0.349 e. The summed E-state index contributed by atoms with van der Waals surface area (Å²) >= 11 is 0. The summed E-state index contributed by atoms with van der Waals surface area (Å²) in [5, 5.41) is 15.2. The van der Waals surface area contributed by atoms with Gasteiger partial charge in [0.15, 0.2) is 0 Å². The van der Waals surface area contributed by atoms with Gasteiger partial charge in [-0.05, 0) is 36.3 Å². The minimum absolute atomic E-state index is 0.0300. The third kappa shape index (κ3) is 7.18. The number of carbonyl (C=O) groups excluding carboxylic acids is 3. The number of benzene rings is 1. The van der Waals surface area contributed by atoms with Crippen LogP contribution >= 0.6 is 0 Å². The van der Waals surface area contributed by atoms with Crippen LogP contribution in [0, 0.1) is 11.3 Å². The molecule has 4 amide bonds. The SMILES string of the molecule is C=C(CCC(C)C)C(=O)N(O)C(=O)NC(C(=O)Nc1ccccc1OC)C(C)(C)C. The molecule has 1 atom stereocenters. The van der Waals surface area contributed by atoms with E-state index in [0.717, 1.165) is 0 Å². The third-order valence-corrected chi connectivity index (χ3v) is 4.47. The number of methoxy groups -OCH3 is 1. The average molecular weight is 420 g/mol. The smallest absolute Gasteiger partial charge is 0.349 e. The van der Waals surface area contributed by atoms with Gasteiger partial charge in [0.2, 0.25) is 5.91 Å². The molecule has 30 heavy (non-hydrogen) atoms. The molecule has 0 aliphatic heterocycles. The van der Waals surface area contributed by atoms with Crippen LogP contribution in [0.2, 0.25) is 0 Å². The number of rotatable bonds is 8. The molecule has 8 heteroatoms. The second-order valence-corrected chi connectivity index (χ2v) is 8.59. The standard InChI is InChI=1S/C22H33N3O5/c1-14(2)12-13-15(3)20(27)25(29)21(28)24-18(22(4,5)6)19(26)23-16-10-8-9-11-17(16)30-7/h8-11,14,18,29H,3,12-13H2,1-2,4-7H3,(H,23,26)(H,24,28). The number of hydroxylamine groups is 2. The second-order valence-electron chi connectivity index (χ2n) is 8.59. The van der Waals surface area contributed by atoms with Gasteiger partial charge in [-0.3, -0.25) is 14.8 Å². The highest BCUT2D eigenvalue weighted by Crippen LogP contribution is 2.26. The van der Waals surface area contributed by atoms with Gasteiger partial charge >= 0.3 is 6.03 Å². The normalized spacial score (nSPS) is 12.1. The second kappa shape index (κ2) is 10.8. The zero-order valence-electron chi connectivity index (χ0n) is 18.6. The van der Waals surface area contributed by atoms with Gasteiger partial charge in [0.05, 0.1) is 12.8 Å². The van der Waals surface area contributed by atoms with Crippen LogP contribution in [-0.4, -0.2) is 41.3 Å². The van der Waals surface area contributed by atoms with Gasteiger partial charge in [0.1, 0.15) is 11.8 Å². The number of hydrogen-bond acceptors (Lipinski definition) is 5. The number of urea groups is 1. The van der Waals surface area contributed by atoms with Crippen LogP contribution in [0.3, 0.4) is 0 Å². The van der Waals surface area contributed by atoms with E-state index in [1.54, 1.807) is 45.0 Å². The lowest BCUT2D eigenvalue weighted by Crippen LogP contribution is -2.55. The Morgan fingerprint density at radius 2 is 1.80 bits per heavy atom. The molecule has 0 saturated heterocycles. The monoisotopic (exact) mass is 419 g/mol. The van der Waals surface area contributed by atoms with Crippen LogP contribution in [0.5, 0.6) is 5.75 Å². The van der Waals surface area contributed by atoms with Gasteiger partial charge in [-0.2, -0.15) is 0 Å². The highest BCUT2D eigenvalue weighted by Gasteiger charge is 2.35. The molecule has 1 rings (SSSR count). The van der Waals surface area contributed by atoms with E-state index in [0.29, 0.717) is 30.2 Å². The Bertz CT molecular complexity index is 783. The van der Waals surface area contributed by atoms with Crippen LogP contribution < -0.4 is 15.4 Å². The molecule has 0 aliphatic rings. The van der Waals surface area contributed by atoms with E-state index in [2.05, 4.69) is 17.2 Å². The highest BCUT2D eigenvalue weighted by molar-refractivity contribution is 6.04. The maximum atomic E-state index is 12.9. The predicted molar refractivity (Wildman–Crippen MR) is 115 cm³/mol. The van der Waals surface area contributed by atoms with Crippen LogP contribution in [-0.2, 0) is 9.59 Å². The van der Waals surface area contributed by atoms with E-state index in [9.17, 15) is 19.6 Å². The lowest BCUT2D eigenvalue weighted by molar-refractivity contribution is -0.148. The van der Waals surface area contributed by atoms with E-state index >= 15 is 0 Å². The molecular weight excluding hydrogens is 386 g/mol. The Kier molecular flexibility index (Phi) is 9.04. The fourth-order valence-electron chi connectivity index (χ4n) is 2.62. The first-order valence-electron chi connectivity index (χ1n) is 9.84. The molecule has 1 unspecified atom stereocenters. The molecule has 0 radical (unpaired) electrons. The molecule has 166 valence electrons. The molecule has 0 spiro atoms. The molecule has 3 N–H and O–H groups in total. The maximum absolute atomic E-state index is 12.9. The minimum atomic E-state index is -1.10. The largest absolute Gasteiger partial charge is 0.495 e. The Morgan fingerprint density at radius 1 is 1.20 bits per heavy atom. The molecule has 1 aromatic rings. The van der Waals surface area contributed by atoms with Crippen molar-refractivity contribution in [1.29, 1.82) is 0 Å². The van der Waals surface area contributed by atoms with E-state index in [4.69, 9.17) is 4.74 Å². The third-order valence-electron chi connectivity index (χ3n) is 4.47. The number of nitrogens with zero attached hydrogens (tertiary/aromatic N) is 1. The van der Waals surface area contributed by atoms with Gasteiger partial charge in [-0.1, -0.05) is 53.3 Å². The van der Waals surface area contributed by atoms with Crippen molar-refractivity contribution < 1.29 is 24.3 Å². The van der Waals surface area contributed by atoms with E-state index in [1.165, 1.54) is 7.11 Å². The van der Waals surface area contributed by atoms with Crippen molar-refractivity contribution >= 4 is 23.5 Å². The summed E-state index contributed by atoms with van der Waals surface area (Å²) in [5.74, 6) is -0.601. The van der Waals surface area contributed by atoms with Crippen molar-refractivity contribution in [2.45, 2.75) is 53.5 Å². The quantitative estimate of drug-likeness (QED) is 0.336. The van der Waals surface area contributed by atoms with Crippen molar-refractivity contribution in [3.63, 3.8) is 0 Å². The molecule has 0 heterocycles. The first kappa shape index (κ1) is 25.2. The van der Waals surface area contributed by atoms with Crippen molar-refractivity contribution in [2.75, 3.05) is 12.4 Å². The molecule has 0 aromatic heterocycles. The van der Waals surface area contributed by atoms with Crippen molar-refractivity contribution in [3.8, 4) is 5.75 Å². The number of ether oxygens (including phenoxy) is 1. The summed E-state index contributed by atoms with van der Waals surface area (Å²) in [6.07, 6.45) is 1.06. The van der Waals surface area contributed by atoms with Crippen LogP contribution in [0.25, 0.3) is 0 Å². The number of anilines is 1. The van der Waals surface area contributed by atoms with E-state index in [1.807, 2.05) is 13.8 Å². The summed E-state index contributed by atoms with van der Waals surface area (Å²) in [6, 6.07) is 4.72. The number of nitrogens with one attached hydrogen (secondary N) is 2. The molecule has 0 bridgehead atoms. The van der Waals surface area contributed by atoms with Gasteiger partial charge in [0.25, 0.3) is 5.91 Å². The van der Waals surface area contributed by atoms with Crippen molar-refractivity contribution in [2.24, 2.45) is 11.3 Å². The molecule has 8 nitrogen and oxygen atoms in total. The van der Waals surface area contributed by atoms with Gasteiger partial charge in [-0.15, -0.1) is 5.06 Å². The summed E-state index contributed by atoms with van der Waals surface area (Å²) in [4.78, 5) is 37.6. The summed E-state index contributed by atoms with van der Waals surface area (Å²) in [7, 11) is 1.48. The highest BCUT2D eigenvalue weighted by atomic mass is 16.5. The predicted octanol–water partition coefficient (Wildman–Crippen LogP) is 3.97. The summed E-state index contributed by atoms with van der Waals surface area (Å²) < 4.78 is 5.22. The zero-order valence-corrected chi connectivity index (χ0v) is 18.6. The fourth-order valence-corrected chi connectivity index (χ4v) is 2.62. The Morgan fingerprint density at radius 3 is 2.33 bits per heavy atom. The summed E-state index contributed by atoms with van der Waals surface area (Å²) in [6.45, 7) is 12.9. The molecule has 0 aliphatic carbocycles. The molecular formula is C22H33N3O5. The fraction of sp³-hybridized carbons (Fsp3) is 0.500. The summed E-state index contributed by atoms with van der Waals surface area (Å²) in [5.41, 5.74) is -0.153. The number of amides is 4. The van der Waals surface area contributed by atoms with Crippen LogP contribution in [0.1, 0.15) is 47.5 Å². The average Bonchev–Trinajstić information content (AvgIpc) is 2.68. The number of carbonyl (C=O) groups is 3. The zero-order chi connectivity index (χ0) is 23.1. The topological polar surface area (TPSA) is 108 Å². The molecule has 0 saturated carbocycles. The van der Waals surface area contributed by atoms with Gasteiger partial charge in [0, 0.05) is 5.57 Å².